The van der Waals surface area contributed by atoms with Crippen molar-refractivity contribution < 1.29 is 18.0 Å². The Hall–Kier alpha value is -3.36. The number of nitrogens with one attached hydrogen (secondary N) is 1. The molecule has 0 aliphatic carbocycles. The standard InChI is InChI=1S/C28H32ClN3O4S/c1-20(2)30-28(34)22(4)31(18-23-8-6-5-7-9-23)27(33)19-32(25-14-12-24(29)13-15-25)37(35,36)26-16-10-21(3)11-17-26/h5-17,20,22H,18-19H2,1-4H3,(H,30,34). The van der Waals surface area contributed by atoms with Crippen LogP contribution in [0.5, 0.6) is 0 Å². The third kappa shape index (κ3) is 7.33. The molecule has 0 saturated carbocycles. The number of rotatable bonds is 10. The first-order valence-electron chi connectivity index (χ1n) is 12.0. The highest BCUT2D eigenvalue weighted by Gasteiger charge is 2.32. The highest BCUT2D eigenvalue weighted by atomic mass is 35.5. The summed E-state index contributed by atoms with van der Waals surface area (Å²) < 4.78 is 28.5. The molecule has 1 atom stereocenters. The SMILES string of the molecule is Cc1ccc(S(=O)(=O)N(CC(=O)N(Cc2ccccc2)C(C)C(=O)NC(C)C)c2ccc(Cl)cc2)cc1. The van der Waals surface area contributed by atoms with E-state index in [9.17, 15) is 18.0 Å². The number of amides is 2. The van der Waals surface area contributed by atoms with Crippen LogP contribution in [0.15, 0.2) is 83.8 Å². The predicted octanol–water partition coefficient (Wildman–Crippen LogP) is 4.79. The zero-order valence-electron chi connectivity index (χ0n) is 21.4. The number of sulfonamides is 1. The fraction of sp³-hybridized carbons (Fsp3) is 0.286. The van der Waals surface area contributed by atoms with Crippen LogP contribution in [-0.2, 0) is 26.2 Å². The van der Waals surface area contributed by atoms with Crippen LogP contribution in [-0.4, -0.2) is 43.8 Å². The number of hydrogen-bond donors (Lipinski definition) is 1. The van der Waals surface area contributed by atoms with Gasteiger partial charge in [-0.05, 0) is 69.7 Å². The second-order valence-corrected chi connectivity index (χ2v) is 11.4. The maximum Gasteiger partial charge on any atom is 0.264 e. The number of benzene rings is 3. The van der Waals surface area contributed by atoms with Crippen molar-refractivity contribution in [2.24, 2.45) is 0 Å². The van der Waals surface area contributed by atoms with Crippen molar-refractivity contribution in [3.05, 3.63) is 95.0 Å². The van der Waals surface area contributed by atoms with Crippen molar-refractivity contribution in [2.45, 2.75) is 51.2 Å². The van der Waals surface area contributed by atoms with Gasteiger partial charge in [-0.25, -0.2) is 8.42 Å². The third-order valence-electron chi connectivity index (χ3n) is 5.80. The third-order valence-corrected chi connectivity index (χ3v) is 7.84. The molecule has 0 aliphatic rings. The first-order chi connectivity index (χ1) is 17.5. The van der Waals surface area contributed by atoms with Gasteiger partial charge in [-0.15, -0.1) is 0 Å². The Bertz CT molecular complexity index is 1310. The molecule has 0 bridgehead atoms. The normalized spacial score (nSPS) is 12.2. The van der Waals surface area contributed by atoms with E-state index in [1.54, 1.807) is 43.3 Å². The molecule has 3 aromatic rings. The molecule has 37 heavy (non-hydrogen) atoms. The number of nitrogens with zero attached hydrogens (tertiary/aromatic N) is 2. The van der Waals surface area contributed by atoms with Crippen LogP contribution in [0.25, 0.3) is 0 Å². The number of halogens is 1. The molecule has 3 aromatic carbocycles. The summed E-state index contributed by atoms with van der Waals surface area (Å²) in [7, 11) is -4.11. The predicted molar refractivity (Wildman–Crippen MR) is 147 cm³/mol. The van der Waals surface area contributed by atoms with Crippen LogP contribution < -0.4 is 9.62 Å². The molecule has 0 radical (unpaired) electrons. The van der Waals surface area contributed by atoms with Gasteiger partial charge >= 0.3 is 0 Å². The number of aryl methyl sites for hydroxylation is 1. The van der Waals surface area contributed by atoms with Crippen molar-refractivity contribution in [1.29, 1.82) is 0 Å². The van der Waals surface area contributed by atoms with Crippen LogP contribution in [0.1, 0.15) is 31.9 Å². The minimum absolute atomic E-state index is 0.0565. The molecule has 1 N–H and O–H groups in total. The van der Waals surface area contributed by atoms with Gasteiger partial charge in [0, 0.05) is 17.6 Å². The maximum absolute atomic E-state index is 13.8. The molecular weight excluding hydrogens is 510 g/mol. The average Bonchev–Trinajstić information content (AvgIpc) is 2.86. The van der Waals surface area contributed by atoms with Gasteiger partial charge in [0.1, 0.15) is 12.6 Å². The number of anilines is 1. The van der Waals surface area contributed by atoms with E-state index in [1.165, 1.54) is 17.0 Å². The Morgan fingerprint density at radius 3 is 2.05 bits per heavy atom. The molecule has 1 unspecified atom stereocenters. The molecular formula is C28H32ClN3O4S. The van der Waals surface area contributed by atoms with E-state index in [0.29, 0.717) is 5.02 Å². The monoisotopic (exact) mass is 541 g/mol. The summed E-state index contributed by atoms with van der Waals surface area (Å²) in [5.74, 6) is -0.834. The zero-order chi connectivity index (χ0) is 27.2. The lowest BCUT2D eigenvalue weighted by Crippen LogP contribution is -2.52. The summed E-state index contributed by atoms with van der Waals surface area (Å²) in [6.07, 6.45) is 0. The summed E-state index contributed by atoms with van der Waals surface area (Å²) in [5, 5.41) is 3.27. The van der Waals surface area contributed by atoms with E-state index in [2.05, 4.69) is 5.32 Å². The highest BCUT2D eigenvalue weighted by molar-refractivity contribution is 7.92. The molecule has 9 heteroatoms. The van der Waals surface area contributed by atoms with Gasteiger partial charge in [-0.1, -0.05) is 59.6 Å². The van der Waals surface area contributed by atoms with Gasteiger partial charge in [0.2, 0.25) is 11.8 Å². The van der Waals surface area contributed by atoms with Gasteiger partial charge in [-0.2, -0.15) is 0 Å². The maximum atomic E-state index is 13.8. The van der Waals surface area contributed by atoms with Crippen molar-refractivity contribution in [3.63, 3.8) is 0 Å². The number of carbonyl (C=O) groups is 2. The van der Waals surface area contributed by atoms with Crippen LogP contribution in [0, 0.1) is 6.92 Å². The van der Waals surface area contributed by atoms with E-state index >= 15 is 0 Å². The smallest absolute Gasteiger partial charge is 0.264 e. The number of hydrogen-bond acceptors (Lipinski definition) is 4. The average molecular weight is 542 g/mol. The van der Waals surface area contributed by atoms with Gasteiger partial charge < -0.3 is 10.2 Å². The molecule has 0 spiro atoms. The molecule has 196 valence electrons. The lowest BCUT2D eigenvalue weighted by Gasteiger charge is -2.32. The van der Waals surface area contributed by atoms with E-state index in [4.69, 9.17) is 11.6 Å². The Kier molecular flexibility index (Phi) is 9.34. The van der Waals surface area contributed by atoms with Gasteiger partial charge in [0.15, 0.2) is 0 Å². The highest BCUT2D eigenvalue weighted by Crippen LogP contribution is 2.26. The Morgan fingerprint density at radius 1 is 0.892 bits per heavy atom. The zero-order valence-corrected chi connectivity index (χ0v) is 23.0. The first kappa shape index (κ1) is 28.2. The van der Waals surface area contributed by atoms with E-state index < -0.39 is 28.5 Å². The van der Waals surface area contributed by atoms with Gasteiger partial charge in [-0.3, -0.25) is 13.9 Å². The Balaban J connectivity index is 2.01. The fourth-order valence-electron chi connectivity index (χ4n) is 3.74. The summed E-state index contributed by atoms with van der Waals surface area (Å²) in [6, 6.07) is 21.0. The molecule has 0 fully saturated rings. The van der Waals surface area contributed by atoms with E-state index in [0.717, 1.165) is 15.4 Å². The fourth-order valence-corrected chi connectivity index (χ4v) is 5.28. The second kappa shape index (κ2) is 12.3. The Labute approximate surface area is 224 Å². The molecule has 0 aromatic heterocycles. The van der Waals surface area contributed by atoms with Crippen molar-refractivity contribution in [2.75, 3.05) is 10.8 Å². The molecule has 0 saturated heterocycles. The van der Waals surface area contributed by atoms with Crippen LogP contribution in [0.2, 0.25) is 5.02 Å². The van der Waals surface area contributed by atoms with E-state index in [-0.39, 0.29) is 29.1 Å². The minimum Gasteiger partial charge on any atom is -0.352 e. The molecule has 0 aliphatic heterocycles. The minimum atomic E-state index is -4.11. The van der Waals surface area contributed by atoms with Gasteiger partial charge in [0.25, 0.3) is 10.0 Å². The quantitative estimate of drug-likeness (QED) is 0.400. The summed E-state index contributed by atoms with van der Waals surface area (Å²) in [6.45, 7) is 6.83. The van der Waals surface area contributed by atoms with Crippen molar-refractivity contribution in [1.82, 2.24) is 10.2 Å². The summed E-state index contributed by atoms with van der Waals surface area (Å²) in [5.41, 5.74) is 2.02. The van der Waals surface area contributed by atoms with Crippen LogP contribution in [0.4, 0.5) is 5.69 Å². The molecule has 2 amide bonds. The molecule has 0 heterocycles. The lowest BCUT2D eigenvalue weighted by molar-refractivity contribution is -0.139. The Morgan fingerprint density at radius 2 is 1.49 bits per heavy atom. The van der Waals surface area contributed by atoms with Crippen molar-refractivity contribution in [3.8, 4) is 0 Å². The first-order valence-corrected chi connectivity index (χ1v) is 13.8. The van der Waals surface area contributed by atoms with Crippen molar-refractivity contribution >= 4 is 39.1 Å². The molecule has 7 nitrogen and oxygen atoms in total. The topological polar surface area (TPSA) is 86.8 Å². The number of carbonyl (C=O) groups excluding carboxylic acids is 2. The molecule has 3 rings (SSSR count). The largest absolute Gasteiger partial charge is 0.352 e. The van der Waals surface area contributed by atoms with Gasteiger partial charge in [0.05, 0.1) is 10.6 Å². The summed E-state index contributed by atoms with van der Waals surface area (Å²) >= 11 is 6.04. The van der Waals surface area contributed by atoms with Crippen LogP contribution in [0.3, 0.4) is 0 Å². The lowest BCUT2D eigenvalue weighted by atomic mass is 10.1. The summed E-state index contributed by atoms with van der Waals surface area (Å²) in [4.78, 5) is 28.1. The van der Waals surface area contributed by atoms with Crippen LogP contribution >= 0.6 is 11.6 Å². The van der Waals surface area contributed by atoms with E-state index in [1.807, 2.05) is 51.1 Å². The second-order valence-electron chi connectivity index (χ2n) is 9.15.